The minimum atomic E-state index is -0.918. The van der Waals surface area contributed by atoms with E-state index in [0.29, 0.717) is 12.4 Å². The van der Waals surface area contributed by atoms with E-state index in [0.717, 1.165) is 6.26 Å². The number of carboxylic acids is 1. The summed E-state index contributed by atoms with van der Waals surface area (Å²) in [4.78, 5) is 20.2. The van der Waals surface area contributed by atoms with E-state index in [-0.39, 0.29) is 11.5 Å². The van der Waals surface area contributed by atoms with E-state index >= 15 is 0 Å². The molecule has 1 N–H and O–H groups in total. The molecule has 0 aliphatic carbocycles. The molecular weight excluding hydrogens is 236 g/mol. The van der Waals surface area contributed by atoms with Gasteiger partial charge in [0.05, 0.1) is 18.4 Å². The fourth-order valence-corrected chi connectivity index (χ4v) is 0.978. The van der Waals surface area contributed by atoms with Gasteiger partial charge in [-0.15, -0.1) is 0 Å². The third-order valence-electron chi connectivity index (χ3n) is 1.66. The summed E-state index contributed by atoms with van der Waals surface area (Å²) in [7, 11) is 0. The zero-order valence-corrected chi connectivity index (χ0v) is 10.4. The van der Waals surface area contributed by atoms with Crippen molar-refractivity contribution in [1.29, 1.82) is 0 Å². The lowest BCUT2D eigenvalue weighted by molar-refractivity contribution is -0.135. The van der Waals surface area contributed by atoms with Gasteiger partial charge in [-0.05, 0) is 31.2 Å². The maximum absolute atomic E-state index is 10.4. The van der Waals surface area contributed by atoms with Crippen molar-refractivity contribution in [3.8, 4) is 5.75 Å². The van der Waals surface area contributed by atoms with Crippen LogP contribution >= 0.6 is 0 Å². The summed E-state index contributed by atoms with van der Waals surface area (Å²) in [5, 5.41) is 8.56. The second-order valence-corrected chi connectivity index (χ2v) is 3.04. The second-order valence-electron chi connectivity index (χ2n) is 3.04. The molecular formula is C13H16O5. The van der Waals surface area contributed by atoms with E-state index in [4.69, 9.17) is 9.84 Å². The van der Waals surface area contributed by atoms with Crippen LogP contribution in [0.3, 0.4) is 0 Å². The molecule has 18 heavy (non-hydrogen) atoms. The van der Waals surface area contributed by atoms with Gasteiger partial charge in [-0.2, -0.15) is 0 Å². The predicted octanol–water partition coefficient (Wildman–Crippen LogP) is 2.48. The molecule has 0 unspecified atom stereocenters. The Bertz CT molecular complexity index is 394. The van der Waals surface area contributed by atoms with Crippen molar-refractivity contribution in [3.05, 3.63) is 42.7 Å². The van der Waals surface area contributed by atoms with E-state index in [1.807, 2.05) is 6.92 Å². The lowest BCUT2D eigenvalue weighted by atomic mass is 10.2. The molecule has 5 heteroatoms. The van der Waals surface area contributed by atoms with Gasteiger partial charge in [0.2, 0.25) is 0 Å². The van der Waals surface area contributed by atoms with Crippen LogP contribution in [0, 0.1) is 0 Å². The molecule has 0 atom stereocenters. The van der Waals surface area contributed by atoms with E-state index in [1.165, 1.54) is 19.1 Å². The second kappa shape index (κ2) is 8.81. The molecule has 0 heterocycles. The number of ether oxygens (including phenoxy) is 2. The number of esters is 1. The molecule has 5 nitrogen and oxygen atoms in total. The number of carboxylic acid groups (broad SMARTS) is 1. The van der Waals surface area contributed by atoms with Crippen molar-refractivity contribution in [2.24, 2.45) is 0 Å². The minimum Gasteiger partial charge on any atom is -0.494 e. The third-order valence-corrected chi connectivity index (χ3v) is 1.66. The fraction of sp³-hybridized carbons (Fsp3) is 0.231. The average molecular weight is 252 g/mol. The van der Waals surface area contributed by atoms with Crippen LogP contribution in [-0.2, 0) is 9.53 Å². The maximum atomic E-state index is 10.4. The van der Waals surface area contributed by atoms with Gasteiger partial charge in [-0.1, -0.05) is 6.58 Å². The van der Waals surface area contributed by atoms with Crippen molar-refractivity contribution in [1.82, 2.24) is 0 Å². The summed E-state index contributed by atoms with van der Waals surface area (Å²) in [6.45, 7) is 6.95. The first-order valence-electron chi connectivity index (χ1n) is 5.25. The van der Waals surface area contributed by atoms with Crippen molar-refractivity contribution in [3.63, 3.8) is 0 Å². The molecule has 0 bridgehead atoms. The largest absolute Gasteiger partial charge is 0.494 e. The van der Waals surface area contributed by atoms with Crippen molar-refractivity contribution in [2.45, 2.75) is 13.8 Å². The number of aromatic carboxylic acids is 1. The molecule has 0 amide bonds. The van der Waals surface area contributed by atoms with Gasteiger partial charge in [0.1, 0.15) is 5.75 Å². The predicted molar refractivity (Wildman–Crippen MR) is 66.5 cm³/mol. The third kappa shape index (κ3) is 7.05. The SMILES string of the molecule is C=COC(C)=O.CCOc1ccc(C(=O)O)cc1. The number of carbonyl (C=O) groups excluding carboxylic acids is 1. The van der Waals surface area contributed by atoms with Crippen LogP contribution in [0.1, 0.15) is 24.2 Å². The Kier molecular flexibility index (Phi) is 7.68. The molecule has 0 saturated carbocycles. The molecule has 1 aromatic rings. The highest BCUT2D eigenvalue weighted by molar-refractivity contribution is 5.87. The highest BCUT2D eigenvalue weighted by Gasteiger charge is 2.00. The van der Waals surface area contributed by atoms with Crippen LogP contribution in [0.4, 0.5) is 0 Å². The van der Waals surface area contributed by atoms with Gasteiger partial charge in [0.25, 0.3) is 0 Å². The molecule has 0 spiro atoms. The fourth-order valence-electron chi connectivity index (χ4n) is 0.978. The Morgan fingerprint density at radius 2 is 1.89 bits per heavy atom. The van der Waals surface area contributed by atoms with E-state index in [2.05, 4.69) is 11.3 Å². The Morgan fingerprint density at radius 1 is 1.33 bits per heavy atom. The van der Waals surface area contributed by atoms with E-state index in [9.17, 15) is 9.59 Å². The first-order valence-corrected chi connectivity index (χ1v) is 5.25. The van der Waals surface area contributed by atoms with Crippen LogP contribution in [0.25, 0.3) is 0 Å². The summed E-state index contributed by atoms with van der Waals surface area (Å²) < 4.78 is 9.31. The van der Waals surface area contributed by atoms with Crippen molar-refractivity contribution >= 4 is 11.9 Å². The molecule has 0 aliphatic heterocycles. The summed E-state index contributed by atoms with van der Waals surface area (Å²) in [5.74, 6) is -0.550. The Morgan fingerprint density at radius 3 is 2.17 bits per heavy atom. The Hall–Kier alpha value is -2.30. The molecule has 0 aromatic heterocycles. The highest BCUT2D eigenvalue weighted by atomic mass is 16.5. The summed E-state index contributed by atoms with van der Waals surface area (Å²) in [6.07, 6.45) is 1.10. The van der Waals surface area contributed by atoms with Gasteiger partial charge >= 0.3 is 11.9 Å². The quantitative estimate of drug-likeness (QED) is 0.658. The molecule has 98 valence electrons. The smallest absolute Gasteiger partial charge is 0.335 e. The maximum Gasteiger partial charge on any atom is 0.335 e. The number of hydrogen-bond donors (Lipinski definition) is 1. The lowest BCUT2D eigenvalue weighted by Crippen LogP contribution is -1.96. The average Bonchev–Trinajstić information content (AvgIpc) is 2.30. The first-order chi connectivity index (χ1) is 8.51. The molecule has 1 rings (SSSR count). The van der Waals surface area contributed by atoms with Gasteiger partial charge < -0.3 is 14.6 Å². The Labute approximate surface area is 106 Å². The van der Waals surface area contributed by atoms with Gasteiger partial charge in [0, 0.05) is 6.92 Å². The van der Waals surface area contributed by atoms with Gasteiger partial charge in [-0.25, -0.2) is 4.79 Å². The summed E-state index contributed by atoms with van der Waals surface area (Å²) in [6, 6.07) is 6.33. The van der Waals surface area contributed by atoms with Crippen LogP contribution in [0.2, 0.25) is 0 Å². The van der Waals surface area contributed by atoms with Crippen LogP contribution in [0.5, 0.6) is 5.75 Å². The van der Waals surface area contributed by atoms with E-state index in [1.54, 1.807) is 12.1 Å². The standard InChI is InChI=1S/C9H10O3.C4H6O2/c1-2-12-8-5-3-7(4-6-8)9(10)11;1-3-6-4(2)5/h3-6H,2H2,1H3,(H,10,11);3H,1H2,2H3. The molecule has 0 saturated heterocycles. The minimum absolute atomic E-state index is 0.276. The number of benzene rings is 1. The molecule has 0 aliphatic rings. The van der Waals surface area contributed by atoms with Crippen molar-refractivity contribution in [2.75, 3.05) is 6.61 Å². The highest BCUT2D eigenvalue weighted by Crippen LogP contribution is 2.11. The normalized spacial score (nSPS) is 8.56. The topological polar surface area (TPSA) is 72.8 Å². The lowest BCUT2D eigenvalue weighted by Gasteiger charge is -2.01. The zero-order valence-electron chi connectivity index (χ0n) is 10.4. The van der Waals surface area contributed by atoms with Gasteiger partial charge in [-0.3, -0.25) is 4.79 Å². The molecule has 0 fully saturated rings. The summed E-state index contributed by atoms with van der Waals surface area (Å²) in [5.41, 5.74) is 0.276. The number of hydrogen-bond acceptors (Lipinski definition) is 4. The van der Waals surface area contributed by atoms with Crippen molar-refractivity contribution < 1.29 is 24.2 Å². The van der Waals surface area contributed by atoms with Gasteiger partial charge in [0.15, 0.2) is 0 Å². The zero-order chi connectivity index (χ0) is 14.0. The van der Waals surface area contributed by atoms with Crippen LogP contribution < -0.4 is 4.74 Å². The number of carbonyl (C=O) groups is 2. The monoisotopic (exact) mass is 252 g/mol. The number of rotatable bonds is 4. The first kappa shape index (κ1) is 15.7. The van der Waals surface area contributed by atoms with Crippen LogP contribution in [0.15, 0.2) is 37.1 Å². The molecule has 0 radical (unpaired) electrons. The van der Waals surface area contributed by atoms with Crippen LogP contribution in [-0.4, -0.2) is 23.7 Å². The summed E-state index contributed by atoms with van der Waals surface area (Å²) >= 11 is 0. The Balaban J connectivity index is 0.000000411. The van der Waals surface area contributed by atoms with E-state index < -0.39 is 5.97 Å². The molecule has 1 aromatic carbocycles.